The predicted octanol–water partition coefficient (Wildman–Crippen LogP) is 1.29. The number of hydrogen-bond acceptors (Lipinski definition) is 2. The second-order valence-electron chi connectivity index (χ2n) is 3.63. The van der Waals surface area contributed by atoms with Gasteiger partial charge in [0.1, 0.15) is 17.3 Å². The minimum Gasteiger partial charge on any atom is -0.477 e. The van der Waals surface area contributed by atoms with Gasteiger partial charge >= 0.3 is 12.0 Å². The van der Waals surface area contributed by atoms with E-state index in [1.165, 1.54) is 0 Å². The summed E-state index contributed by atoms with van der Waals surface area (Å²) in [5.41, 5.74) is -0.363. The average Bonchev–Trinajstić information content (AvgIpc) is 2.27. The second kappa shape index (κ2) is 4.44. The third kappa shape index (κ3) is 2.29. The van der Waals surface area contributed by atoms with E-state index in [0.29, 0.717) is 6.07 Å². The van der Waals surface area contributed by atoms with Crippen LogP contribution in [-0.4, -0.2) is 17.1 Å². The second-order valence-corrected chi connectivity index (χ2v) is 3.63. The van der Waals surface area contributed by atoms with E-state index in [1.54, 1.807) is 0 Å². The van der Waals surface area contributed by atoms with E-state index >= 15 is 0 Å². The van der Waals surface area contributed by atoms with Gasteiger partial charge in [-0.05, 0) is 12.1 Å². The third-order valence-electron chi connectivity index (χ3n) is 2.40. The summed E-state index contributed by atoms with van der Waals surface area (Å²) < 4.78 is 26.2. The molecule has 0 saturated heterocycles. The molecule has 2 amide bonds. The van der Waals surface area contributed by atoms with Crippen molar-refractivity contribution in [1.29, 1.82) is 0 Å². The summed E-state index contributed by atoms with van der Waals surface area (Å²) in [6.45, 7) is 0. The topological polar surface area (TPSA) is 78.4 Å². The van der Waals surface area contributed by atoms with Gasteiger partial charge in [-0.15, -0.1) is 0 Å². The van der Waals surface area contributed by atoms with E-state index in [4.69, 9.17) is 5.11 Å². The van der Waals surface area contributed by atoms with Crippen LogP contribution in [-0.2, 0) is 4.79 Å². The Labute approximate surface area is 100 Å². The molecule has 1 aliphatic heterocycles. The smallest absolute Gasteiger partial charge is 0.352 e. The summed E-state index contributed by atoms with van der Waals surface area (Å²) in [6, 6.07) is 1.13. The van der Waals surface area contributed by atoms with Gasteiger partial charge in [0, 0.05) is 11.6 Å². The van der Waals surface area contributed by atoms with Gasteiger partial charge in [-0.3, -0.25) is 0 Å². The molecule has 1 aliphatic rings. The highest BCUT2D eigenvalue weighted by molar-refractivity contribution is 5.93. The Bertz CT molecular complexity index is 557. The number of nitrogens with one attached hydrogen (secondary N) is 2. The lowest BCUT2D eigenvalue weighted by Gasteiger charge is -2.22. The van der Waals surface area contributed by atoms with Crippen molar-refractivity contribution < 1.29 is 23.5 Å². The number of rotatable bonds is 2. The molecule has 0 saturated carbocycles. The van der Waals surface area contributed by atoms with Gasteiger partial charge in [0.2, 0.25) is 0 Å². The van der Waals surface area contributed by atoms with Crippen molar-refractivity contribution in [2.45, 2.75) is 6.04 Å². The Kier molecular flexibility index (Phi) is 2.97. The monoisotopic (exact) mass is 254 g/mol. The van der Waals surface area contributed by atoms with Crippen LogP contribution < -0.4 is 10.6 Å². The first-order chi connectivity index (χ1) is 8.47. The van der Waals surface area contributed by atoms with Gasteiger partial charge in [-0.1, -0.05) is 6.07 Å². The number of hydrogen-bond donors (Lipinski definition) is 3. The first-order valence-corrected chi connectivity index (χ1v) is 4.95. The number of carboxylic acids is 1. The number of carbonyl (C=O) groups excluding carboxylic acids is 1. The normalized spacial score (nSPS) is 18.7. The van der Waals surface area contributed by atoms with E-state index in [1.807, 2.05) is 0 Å². The largest absolute Gasteiger partial charge is 0.477 e. The Morgan fingerprint density at radius 3 is 2.67 bits per heavy atom. The number of amides is 2. The first kappa shape index (κ1) is 12.0. The SMILES string of the molecule is O=C1NC(C(=O)O)=C[C@H](c2ccc(F)cc2F)N1. The van der Waals surface area contributed by atoms with Crippen molar-refractivity contribution in [2.75, 3.05) is 0 Å². The van der Waals surface area contributed by atoms with Gasteiger partial charge in [0.25, 0.3) is 0 Å². The van der Waals surface area contributed by atoms with Gasteiger partial charge in [0.15, 0.2) is 0 Å². The van der Waals surface area contributed by atoms with Crippen molar-refractivity contribution >= 4 is 12.0 Å². The zero-order valence-corrected chi connectivity index (χ0v) is 8.91. The van der Waals surface area contributed by atoms with Crippen LogP contribution >= 0.6 is 0 Å². The Balaban J connectivity index is 2.40. The van der Waals surface area contributed by atoms with Crippen LogP contribution in [0.25, 0.3) is 0 Å². The van der Waals surface area contributed by atoms with Crippen LogP contribution in [0, 0.1) is 11.6 Å². The fraction of sp³-hybridized carbons (Fsp3) is 0.0909. The molecule has 0 fully saturated rings. The predicted molar refractivity (Wildman–Crippen MR) is 56.5 cm³/mol. The maximum absolute atomic E-state index is 13.5. The van der Waals surface area contributed by atoms with E-state index in [2.05, 4.69) is 10.6 Å². The Morgan fingerprint density at radius 2 is 2.06 bits per heavy atom. The molecule has 7 heteroatoms. The molecule has 5 nitrogen and oxygen atoms in total. The van der Waals surface area contributed by atoms with E-state index in [-0.39, 0.29) is 11.3 Å². The van der Waals surface area contributed by atoms with E-state index in [0.717, 1.165) is 18.2 Å². The summed E-state index contributed by atoms with van der Waals surface area (Å²) in [5.74, 6) is -2.94. The number of urea groups is 1. The molecule has 1 heterocycles. The van der Waals surface area contributed by atoms with Crippen LogP contribution in [0.15, 0.2) is 30.0 Å². The third-order valence-corrected chi connectivity index (χ3v) is 2.40. The zero-order valence-electron chi connectivity index (χ0n) is 8.91. The van der Waals surface area contributed by atoms with Crippen LogP contribution in [0.1, 0.15) is 11.6 Å². The maximum atomic E-state index is 13.5. The standard InChI is InChI=1S/C11H8F2N2O3/c12-5-1-2-6(7(13)3-5)8-4-9(10(16)17)15-11(18)14-8/h1-4,8H,(H,16,17)(H2,14,15,18)/t8-/m1/s1. The van der Waals surface area contributed by atoms with Gasteiger partial charge in [-0.2, -0.15) is 0 Å². The quantitative estimate of drug-likeness (QED) is 0.744. The molecule has 0 spiro atoms. The lowest BCUT2D eigenvalue weighted by molar-refractivity contribution is -0.133. The van der Waals surface area contributed by atoms with Crippen molar-refractivity contribution in [3.05, 3.63) is 47.2 Å². The van der Waals surface area contributed by atoms with Crippen LogP contribution in [0.4, 0.5) is 13.6 Å². The highest BCUT2D eigenvalue weighted by Crippen LogP contribution is 2.22. The van der Waals surface area contributed by atoms with Crippen LogP contribution in [0.5, 0.6) is 0 Å². The maximum Gasteiger partial charge on any atom is 0.352 e. The molecule has 94 valence electrons. The lowest BCUT2D eigenvalue weighted by atomic mass is 10.0. The van der Waals surface area contributed by atoms with Gasteiger partial charge < -0.3 is 15.7 Å². The van der Waals surface area contributed by atoms with Crippen LogP contribution in [0.3, 0.4) is 0 Å². The fourth-order valence-electron chi connectivity index (χ4n) is 1.60. The molecule has 1 aromatic carbocycles. The minimum atomic E-state index is -1.34. The minimum absolute atomic E-state index is 0.00926. The molecule has 0 aliphatic carbocycles. The zero-order chi connectivity index (χ0) is 13.3. The Hall–Kier alpha value is -2.44. The number of carboxylic acid groups (broad SMARTS) is 1. The number of halogens is 2. The average molecular weight is 254 g/mol. The summed E-state index contributed by atoms with van der Waals surface area (Å²) in [5, 5.41) is 13.2. The van der Waals surface area contributed by atoms with Gasteiger partial charge in [-0.25, -0.2) is 18.4 Å². The highest BCUT2D eigenvalue weighted by atomic mass is 19.1. The molecule has 0 unspecified atom stereocenters. The molecular weight excluding hydrogens is 246 g/mol. The van der Waals surface area contributed by atoms with E-state index < -0.39 is 29.7 Å². The lowest BCUT2D eigenvalue weighted by Crippen LogP contribution is -2.43. The molecule has 2 rings (SSSR count). The molecular formula is C11H8F2N2O3. The molecule has 3 N–H and O–H groups in total. The molecule has 0 aromatic heterocycles. The number of carbonyl (C=O) groups is 2. The van der Waals surface area contributed by atoms with Crippen molar-refractivity contribution in [3.8, 4) is 0 Å². The van der Waals surface area contributed by atoms with Crippen molar-refractivity contribution in [2.24, 2.45) is 0 Å². The van der Waals surface area contributed by atoms with Crippen molar-refractivity contribution in [3.63, 3.8) is 0 Å². The van der Waals surface area contributed by atoms with Crippen molar-refractivity contribution in [1.82, 2.24) is 10.6 Å². The number of aliphatic carboxylic acids is 1. The summed E-state index contributed by atoms with van der Waals surface area (Å²) in [7, 11) is 0. The number of benzene rings is 1. The first-order valence-electron chi connectivity index (χ1n) is 4.95. The highest BCUT2D eigenvalue weighted by Gasteiger charge is 2.25. The molecule has 0 bridgehead atoms. The molecule has 0 radical (unpaired) electrons. The Morgan fingerprint density at radius 1 is 1.33 bits per heavy atom. The summed E-state index contributed by atoms with van der Waals surface area (Å²) in [6.07, 6.45) is 1.14. The molecule has 1 aromatic rings. The molecule has 1 atom stereocenters. The summed E-state index contributed by atoms with van der Waals surface area (Å²) >= 11 is 0. The van der Waals surface area contributed by atoms with E-state index in [9.17, 15) is 18.4 Å². The molecule has 18 heavy (non-hydrogen) atoms. The van der Waals surface area contributed by atoms with Crippen LogP contribution in [0.2, 0.25) is 0 Å². The summed E-state index contributed by atoms with van der Waals surface area (Å²) in [4.78, 5) is 22.0. The van der Waals surface area contributed by atoms with Gasteiger partial charge in [0.05, 0.1) is 6.04 Å². The fourth-order valence-corrected chi connectivity index (χ4v) is 1.60.